The Morgan fingerprint density at radius 3 is 2.95 bits per heavy atom. The first-order valence-electron chi connectivity index (χ1n) is 7.40. The Labute approximate surface area is 139 Å². The second kappa shape index (κ2) is 9.04. The number of nitrogens with zero attached hydrogens (tertiary/aromatic N) is 2. The molecule has 1 unspecified atom stereocenters. The number of hydrogen-bond donors (Lipinski definition) is 1. The number of likely N-dealkylation sites (tertiary alicyclic amines) is 1. The number of halogens is 1. The quantitative estimate of drug-likeness (QED) is 0.332. The van der Waals surface area contributed by atoms with Crippen LogP contribution in [0.5, 0.6) is 0 Å². The fraction of sp³-hybridized carbons (Fsp3) is 0.929. The summed E-state index contributed by atoms with van der Waals surface area (Å²) in [6, 6.07) is 0. The van der Waals surface area contributed by atoms with E-state index in [0.29, 0.717) is 5.41 Å². The first kappa shape index (κ1) is 18.0. The van der Waals surface area contributed by atoms with E-state index < -0.39 is 0 Å². The Kier molecular flexibility index (Phi) is 8.13. The van der Waals surface area contributed by atoms with Crippen LogP contribution in [0.25, 0.3) is 0 Å². The Hall–Kier alpha value is -0.0800. The smallest absolute Gasteiger partial charge is 0.193 e. The van der Waals surface area contributed by atoms with Crippen LogP contribution < -0.4 is 5.32 Å². The van der Waals surface area contributed by atoms with Gasteiger partial charge in [-0.05, 0) is 26.2 Å². The monoisotopic (exact) mass is 397 g/mol. The van der Waals surface area contributed by atoms with Gasteiger partial charge in [0.15, 0.2) is 5.96 Å². The molecule has 20 heavy (non-hydrogen) atoms. The van der Waals surface area contributed by atoms with Crippen LogP contribution >= 0.6 is 24.0 Å². The van der Waals surface area contributed by atoms with Crippen molar-refractivity contribution < 1.29 is 9.47 Å². The van der Waals surface area contributed by atoms with E-state index in [1.165, 1.54) is 12.8 Å². The third-order valence-corrected chi connectivity index (χ3v) is 4.03. The molecule has 2 saturated heterocycles. The van der Waals surface area contributed by atoms with Gasteiger partial charge in [-0.2, -0.15) is 0 Å². The van der Waals surface area contributed by atoms with Crippen molar-refractivity contribution in [3.63, 3.8) is 0 Å². The average Bonchev–Trinajstić information content (AvgIpc) is 3.04. The van der Waals surface area contributed by atoms with Crippen molar-refractivity contribution in [3.05, 3.63) is 0 Å². The molecule has 0 amide bonds. The number of hydrogen-bond acceptors (Lipinski definition) is 3. The van der Waals surface area contributed by atoms with E-state index >= 15 is 0 Å². The zero-order valence-electron chi connectivity index (χ0n) is 12.7. The maximum absolute atomic E-state index is 5.58. The summed E-state index contributed by atoms with van der Waals surface area (Å²) >= 11 is 0. The summed E-state index contributed by atoms with van der Waals surface area (Å²) < 4.78 is 10.6. The maximum atomic E-state index is 5.58. The van der Waals surface area contributed by atoms with Crippen molar-refractivity contribution in [2.75, 3.05) is 53.1 Å². The highest BCUT2D eigenvalue weighted by atomic mass is 127. The van der Waals surface area contributed by atoms with Gasteiger partial charge >= 0.3 is 0 Å². The molecular weight excluding hydrogens is 369 g/mol. The summed E-state index contributed by atoms with van der Waals surface area (Å²) in [5.41, 5.74) is 0.392. The molecule has 0 bridgehead atoms. The first-order chi connectivity index (χ1) is 9.29. The number of ether oxygens (including phenoxy) is 2. The van der Waals surface area contributed by atoms with Gasteiger partial charge in [0.25, 0.3) is 0 Å². The highest BCUT2D eigenvalue weighted by molar-refractivity contribution is 14.0. The van der Waals surface area contributed by atoms with Gasteiger partial charge in [0.2, 0.25) is 0 Å². The van der Waals surface area contributed by atoms with Gasteiger partial charge in [-0.25, -0.2) is 0 Å². The lowest BCUT2D eigenvalue weighted by molar-refractivity contribution is 0.156. The molecule has 0 radical (unpaired) electrons. The molecule has 1 spiro atoms. The molecule has 2 heterocycles. The van der Waals surface area contributed by atoms with Crippen LogP contribution in [0.2, 0.25) is 0 Å². The largest absolute Gasteiger partial charge is 0.385 e. The lowest BCUT2D eigenvalue weighted by Gasteiger charge is -2.24. The third-order valence-electron chi connectivity index (χ3n) is 4.03. The Morgan fingerprint density at radius 2 is 2.30 bits per heavy atom. The number of methoxy groups -OCH3 is 1. The lowest BCUT2D eigenvalue weighted by Crippen LogP contribution is -2.41. The van der Waals surface area contributed by atoms with E-state index in [9.17, 15) is 0 Å². The summed E-state index contributed by atoms with van der Waals surface area (Å²) in [5, 5.41) is 3.40. The average molecular weight is 397 g/mol. The van der Waals surface area contributed by atoms with Gasteiger partial charge in [0.1, 0.15) is 0 Å². The standard InChI is InChI=1S/C14H27N3O2.HI/c1-3-15-13(16-7-4-9-18-2)17-8-5-14(11-17)6-10-19-12-14;/h3-12H2,1-2H3,(H,15,16);1H. The number of guanidine groups is 1. The van der Waals surface area contributed by atoms with Crippen molar-refractivity contribution in [3.8, 4) is 0 Å². The van der Waals surface area contributed by atoms with Crippen LogP contribution in [0.15, 0.2) is 4.99 Å². The van der Waals surface area contributed by atoms with Gasteiger partial charge in [0.05, 0.1) is 6.61 Å². The van der Waals surface area contributed by atoms with Gasteiger partial charge in [-0.1, -0.05) is 0 Å². The SMILES string of the molecule is CCNC(=NCCCOC)N1CCC2(CCOC2)C1.I. The fourth-order valence-electron chi connectivity index (χ4n) is 2.91. The Morgan fingerprint density at radius 1 is 1.45 bits per heavy atom. The molecule has 2 rings (SSSR count). The van der Waals surface area contributed by atoms with Gasteiger partial charge in [0, 0.05) is 51.9 Å². The zero-order valence-corrected chi connectivity index (χ0v) is 15.0. The molecular formula is C14H28IN3O2. The summed E-state index contributed by atoms with van der Waals surface area (Å²) in [4.78, 5) is 7.09. The molecule has 0 aromatic carbocycles. The van der Waals surface area contributed by atoms with E-state index in [1.54, 1.807) is 7.11 Å². The first-order valence-corrected chi connectivity index (χ1v) is 7.40. The van der Waals surface area contributed by atoms with E-state index in [1.807, 2.05) is 0 Å². The lowest BCUT2D eigenvalue weighted by atomic mass is 9.87. The molecule has 0 aliphatic carbocycles. The fourth-order valence-corrected chi connectivity index (χ4v) is 2.91. The predicted molar refractivity (Wildman–Crippen MR) is 91.9 cm³/mol. The van der Waals surface area contributed by atoms with E-state index in [0.717, 1.165) is 58.4 Å². The molecule has 118 valence electrons. The predicted octanol–water partition coefficient (Wildman–Crippen LogP) is 1.72. The normalized spacial score (nSPS) is 26.1. The van der Waals surface area contributed by atoms with Crippen LogP contribution in [-0.4, -0.2) is 64.0 Å². The van der Waals surface area contributed by atoms with Crippen LogP contribution in [-0.2, 0) is 9.47 Å². The molecule has 0 saturated carbocycles. The van der Waals surface area contributed by atoms with Gasteiger partial charge in [-0.15, -0.1) is 24.0 Å². The number of nitrogens with one attached hydrogen (secondary N) is 1. The molecule has 5 nitrogen and oxygen atoms in total. The summed E-state index contributed by atoms with van der Waals surface area (Å²) in [7, 11) is 1.74. The molecule has 2 aliphatic heterocycles. The minimum atomic E-state index is 0. The van der Waals surface area contributed by atoms with E-state index in [4.69, 9.17) is 14.5 Å². The van der Waals surface area contributed by atoms with Gasteiger partial charge < -0.3 is 19.7 Å². The minimum absolute atomic E-state index is 0. The van der Waals surface area contributed by atoms with Crippen LogP contribution in [0, 0.1) is 5.41 Å². The molecule has 1 N–H and O–H groups in total. The second-order valence-electron chi connectivity index (χ2n) is 5.56. The highest BCUT2D eigenvalue weighted by Crippen LogP contribution is 2.38. The molecule has 2 fully saturated rings. The Balaban J connectivity index is 0.00000200. The van der Waals surface area contributed by atoms with Crippen LogP contribution in [0.1, 0.15) is 26.2 Å². The van der Waals surface area contributed by atoms with Crippen LogP contribution in [0.4, 0.5) is 0 Å². The minimum Gasteiger partial charge on any atom is -0.385 e. The summed E-state index contributed by atoms with van der Waals surface area (Å²) in [6.45, 7) is 8.68. The number of aliphatic imine (C=N–C) groups is 1. The molecule has 2 aliphatic rings. The molecule has 0 aromatic rings. The van der Waals surface area contributed by atoms with Crippen molar-refractivity contribution in [2.24, 2.45) is 10.4 Å². The molecule has 1 atom stereocenters. The zero-order chi connectivity index (χ0) is 13.6. The maximum Gasteiger partial charge on any atom is 0.193 e. The van der Waals surface area contributed by atoms with Crippen LogP contribution in [0.3, 0.4) is 0 Å². The summed E-state index contributed by atoms with van der Waals surface area (Å²) in [5.74, 6) is 1.06. The molecule has 6 heteroatoms. The van der Waals surface area contributed by atoms with E-state index in [2.05, 4.69) is 17.1 Å². The second-order valence-corrected chi connectivity index (χ2v) is 5.56. The molecule has 0 aromatic heterocycles. The van der Waals surface area contributed by atoms with Crippen molar-refractivity contribution in [1.29, 1.82) is 0 Å². The van der Waals surface area contributed by atoms with Crippen molar-refractivity contribution in [1.82, 2.24) is 10.2 Å². The topological polar surface area (TPSA) is 46.1 Å². The third kappa shape index (κ3) is 4.73. The number of rotatable bonds is 5. The van der Waals surface area contributed by atoms with Crippen molar-refractivity contribution in [2.45, 2.75) is 26.2 Å². The van der Waals surface area contributed by atoms with Crippen molar-refractivity contribution >= 4 is 29.9 Å². The highest BCUT2D eigenvalue weighted by Gasteiger charge is 2.42. The van der Waals surface area contributed by atoms with E-state index in [-0.39, 0.29) is 24.0 Å². The van der Waals surface area contributed by atoms with Gasteiger partial charge in [-0.3, -0.25) is 4.99 Å². The summed E-state index contributed by atoms with van der Waals surface area (Å²) in [6.07, 6.45) is 3.41. The Bertz CT molecular complexity index is 307.